The number of nitrogens with one attached hydrogen (secondary N) is 2. The SMILES string of the molecule is Cc1ccc(C)c(S(=O)(=O)C2(C(=O)N[C@H]3CCCNC3)CCCC2)c1. The van der Waals surface area contributed by atoms with Gasteiger partial charge in [-0.2, -0.15) is 0 Å². The monoisotopic (exact) mass is 364 g/mol. The molecule has 1 aliphatic carbocycles. The predicted octanol–water partition coefficient (Wildman–Crippen LogP) is 2.26. The summed E-state index contributed by atoms with van der Waals surface area (Å²) in [5, 5.41) is 6.30. The van der Waals surface area contributed by atoms with E-state index in [9.17, 15) is 13.2 Å². The van der Waals surface area contributed by atoms with E-state index < -0.39 is 14.6 Å². The van der Waals surface area contributed by atoms with Crippen molar-refractivity contribution in [3.63, 3.8) is 0 Å². The Morgan fingerprint density at radius 1 is 1.20 bits per heavy atom. The number of carbonyl (C=O) groups excluding carboxylic acids is 1. The fourth-order valence-corrected chi connectivity index (χ4v) is 6.45. The molecule has 1 aromatic rings. The molecule has 2 N–H and O–H groups in total. The Kier molecular flexibility index (Phi) is 5.21. The van der Waals surface area contributed by atoms with Crippen LogP contribution in [0.2, 0.25) is 0 Å². The Morgan fingerprint density at radius 2 is 1.92 bits per heavy atom. The summed E-state index contributed by atoms with van der Waals surface area (Å²) in [5.74, 6) is -0.306. The van der Waals surface area contributed by atoms with Crippen molar-refractivity contribution in [1.82, 2.24) is 10.6 Å². The van der Waals surface area contributed by atoms with Crippen molar-refractivity contribution in [3.8, 4) is 0 Å². The molecule has 5 nitrogen and oxygen atoms in total. The molecule has 1 aliphatic heterocycles. The van der Waals surface area contributed by atoms with Gasteiger partial charge in [-0.25, -0.2) is 8.42 Å². The lowest BCUT2D eigenvalue weighted by atomic mass is 10.0. The summed E-state index contributed by atoms with van der Waals surface area (Å²) in [6.07, 6.45) is 4.28. The van der Waals surface area contributed by atoms with Gasteiger partial charge in [0.05, 0.1) is 4.90 Å². The van der Waals surface area contributed by atoms with E-state index in [0.29, 0.717) is 29.8 Å². The highest BCUT2D eigenvalue weighted by molar-refractivity contribution is 7.93. The summed E-state index contributed by atoms with van der Waals surface area (Å²) in [6, 6.07) is 5.46. The lowest BCUT2D eigenvalue weighted by Crippen LogP contribution is -2.56. The van der Waals surface area contributed by atoms with Crippen molar-refractivity contribution < 1.29 is 13.2 Å². The maximum atomic E-state index is 13.5. The molecule has 3 rings (SSSR count). The molecule has 0 unspecified atom stereocenters. The van der Waals surface area contributed by atoms with Gasteiger partial charge in [0.2, 0.25) is 5.91 Å². The van der Waals surface area contributed by atoms with Gasteiger partial charge in [-0.05, 0) is 63.3 Å². The average molecular weight is 365 g/mol. The minimum atomic E-state index is -3.74. The highest BCUT2D eigenvalue weighted by atomic mass is 32.2. The van der Waals surface area contributed by atoms with Crippen molar-refractivity contribution >= 4 is 15.7 Å². The molecule has 0 spiro atoms. The Balaban J connectivity index is 1.96. The van der Waals surface area contributed by atoms with Gasteiger partial charge < -0.3 is 10.6 Å². The standard InChI is InChI=1S/C19H28N2O3S/c1-14-7-8-15(2)17(12-14)25(23,24)19(9-3-4-10-19)18(22)21-16-6-5-11-20-13-16/h7-8,12,16,20H,3-6,9-11,13H2,1-2H3,(H,21,22)/t16-/m0/s1. The fourth-order valence-electron chi connectivity index (χ4n) is 4.06. The fraction of sp³-hybridized carbons (Fsp3) is 0.632. The van der Waals surface area contributed by atoms with E-state index in [0.717, 1.165) is 37.8 Å². The van der Waals surface area contributed by atoms with Gasteiger partial charge >= 0.3 is 0 Å². The van der Waals surface area contributed by atoms with Gasteiger partial charge in [0.1, 0.15) is 0 Å². The first-order valence-electron chi connectivity index (χ1n) is 9.20. The first kappa shape index (κ1) is 18.4. The number of amides is 1. The van der Waals surface area contributed by atoms with Gasteiger partial charge in [0.25, 0.3) is 0 Å². The molecule has 1 amide bonds. The number of rotatable bonds is 4. The van der Waals surface area contributed by atoms with Crippen LogP contribution in [-0.2, 0) is 14.6 Å². The molecule has 25 heavy (non-hydrogen) atoms. The van der Waals surface area contributed by atoms with Crippen molar-refractivity contribution in [2.45, 2.75) is 68.1 Å². The molecule has 138 valence electrons. The van der Waals surface area contributed by atoms with E-state index in [2.05, 4.69) is 10.6 Å². The quantitative estimate of drug-likeness (QED) is 0.859. The Hall–Kier alpha value is -1.40. The minimum absolute atomic E-state index is 0.0209. The number of piperidine rings is 1. The lowest BCUT2D eigenvalue weighted by Gasteiger charge is -2.32. The molecule has 0 bridgehead atoms. The lowest BCUT2D eigenvalue weighted by molar-refractivity contribution is -0.124. The Morgan fingerprint density at radius 3 is 2.56 bits per heavy atom. The first-order chi connectivity index (χ1) is 11.9. The second-order valence-corrected chi connectivity index (χ2v) is 9.72. The maximum absolute atomic E-state index is 13.5. The van der Waals surface area contributed by atoms with Gasteiger partial charge in [-0.1, -0.05) is 25.0 Å². The summed E-state index contributed by atoms with van der Waals surface area (Å²) >= 11 is 0. The molecule has 1 heterocycles. The molecule has 0 radical (unpaired) electrons. The van der Waals surface area contributed by atoms with E-state index in [4.69, 9.17) is 0 Å². The van der Waals surface area contributed by atoms with E-state index in [-0.39, 0.29) is 11.9 Å². The summed E-state index contributed by atoms with van der Waals surface area (Å²) in [6.45, 7) is 5.36. The predicted molar refractivity (Wildman–Crippen MR) is 98.3 cm³/mol. The first-order valence-corrected chi connectivity index (χ1v) is 10.7. The molecular weight excluding hydrogens is 336 g/mol. The van der Waals surface area contributed by atoms with Crippen LogP contribution >= 0.6 is 0 Å². The summed E-state index contributed by atoms with van der Waals surface area (Å²) < 4.78 is 25.8. The second kappa shape index (κ2) is 7.08. The van der Waals surface area contributed by atoms with Crippen LogP contribution in [0.3, 0.4) is 0 Å². The summed E-state index contributed by atoms with van der Waals surface area (Å²) in [5.41, 5.74) is 1.61. The van der Waals surface area contributed by atoms with E-state index in [1.54, 1.807) is 13.0 Å². The van der Waals surface area contributed by atoms with Gasteiger partial charge in [-0.3, -0.25) is 4.79 Å². The van der Waals surface area contributed by atoms with Gasteiger partial charge in [-0.15, -0.1) is 0 Å². The minimum Gasteiger partial charge on any atom is -0.351 e. The smallest absolute Gasteiger partial charge is 0.242 e. The number of benzene rings is 1. The zero-order valence-electron chi connectivity index (χ0n) is 15.1. The molecule has 0 aromatic heterocycles. The van der Waals surface area contributed by atoms with Crippen LogP contribution in [0.15, 0.2) is 23.1 Å². The number of hydrogen-bond donors (Lipinski definition) is 2. The average Bonchev–Trinajstić information content (AvgIpc) is 3.09. The van der Waals surface area contributed by atoms with Crippen LogP contribution in [0.1, 0.15) is 49.7 Å². The van der Waals surface area contributed by atoms with E-state index >= 15 is 0 Å². The van der Waals surface area contributed by atoms with Crippen molar-refractivity contribution in [2.24, 2.45) is 0 Å². The number of aryl methyl sites for hydroxylation is 2. The van der Waals surface area contributed by atoms with Crippen LogP contribution in [0, 0.1) is 13.8 Å². The number of hydrogen-bond acceptors (Lipinski definition) is 4. The molecule has 6 heteroatoms. The zero-order chi connectivity index (χ0) is 18.1. The van der Waals surface area contributed by atoms with Crippen LogP contribution in [-0.4, -0.2) is 38.2 Å². The van der Waals surface area contributed by atoms with Crippen LogP contribution in [0.5, 0.6) is 0 Å². The van der Waals surface area contributed by atoms with E-state index in [1.165, 1.54) is 0 Å². The molecule has 1 saturated carbocycles. The molecule has 1 aromatic carbocycles. The third kappa shape index (κ3) is 3.34. The van der Waals surface area contributed by atoms with Crippen molar-refractivity contribution in [3.05, 3.63) is 29.3 Å². The molecule has 2 fully saturated rings. The highest BCUT2D eigenvalue weighted by Crippen LogP contribution is 2.42. The van der Waals surface area contributed by atoms with Crippen LogP contribution in [0.25, 0.3) is 0 Å². The van der Waals surface area contributed by atoms with Gasteiger partial charge in [0.15, 0.2) is 14.6 Å². The highest BCUT2D eigenvalue weighted by Gasteiger charge is 2.53. The van der Waals surface area contributed by atoms with Crippen molar-refractivity contribution in [2.75, 3.05) is 13.1 Å². The topological polar surface area (TPSA) is 75.3 Å². The number of sulfone groups is 1. The summed E-state index contributed by atoms with van der Waals surface area (Å²) in [4.78, 5) is 13.4. The van der Waals surface area contributed by atoms with Crippen LogP contribution in [0.4, 0.5) is 0 Å². The van der Waals surface area contributed by atoms with Gasteiger partial charge in [0, 0.05) is 12.6 Å². The second-order valence-electron chi connectivity index (χ2n) is 7.49. The normalized spacial score (nSPS) is 23.4. The molecule has 1 saturated heterocycles. The molecule has 1 atom stereocenters. The zero-order valence-corrected chi connectivity index (χ0v) is 15.9. The van der Waals surface area contributed by atoms with E-state index in [1.807, 2.05) is 19.1 Å². The third-order valence-electron chi connectivity index (χ3n) is 5.60. The molecular formula is C19H28N2O3S. The Bertz CT molecular complexity index is 746. The van der Waals surface area contributed by atoms with Crippen LogP contribution < -0.4 is 10.6 Å². The largest absolute Gasteiger partial charge is 0.351 e. The van der Waals surface area contributed by atoms with Crippen molar-refractivity contribution in [1.29, 1.82) is 0 Å². The maximum Gasteiger partial charge on any atom is 0.242 e. The summed E-state index contributed by atoms with van der Waals surface area (Å²) in [7, 11) is -3.74. The third-order valence-corrected chi connectivity index (χ3v) is 8.25. The molecule has 2 aliphatic rings. The Labute approximate surface area is 150 Å². The number of carbonyl (C=O) groups is 1.